The minimum absolute atomic E-state index is 0.00122. The minimum Gasteiger partial charge on any atom is -0.481 e. The van der Waals surface area contributed by atoms with Crippen molar-refractivity contribution in [2.24, 2.45) is 5.92 Å². The molecule has 1 unspecified atom stereocenters. The Morgan fingerprint density at radius 3 is 2.54 bits per heavy atom. The Morgan fingerprint density at radius 1 is 1.25 bits per heavy atom. The van der Waals surface area contributed by atoms with Gasteiger partial charge < -0.3 is 14.4 Å². The van der Waals surface area contributed by atoms with Gasteiger partial charge in [-0.2, -0.15) is 0 Å². The van der Waals surface area contributed by atoms with Gasteiger partial charge in [-0.25, -0.2) is 0 Å². The van der Waals surface area contributed by atoms with Crippen molar-refractivity contribution in [2.75, 3.05) is 19.7 Å². The molecule has 1 aliphatic rings. The highest BCUT2D eigenvalue weighted by Gasteiger charge is 2.31. The first kappa shape index (κ1) is 18.3. The fraction of sp³-hybridized carbons (Fsp3) is 0.579. The van der Waals surface area contributed by atoms with E-state index >= 15 is 0 Å². The van der Waals surface area contributed by atoms with Crippen LogP contribution in [-0.4, -0.2) is 42.6 Å². The van der Waals surface area contributed by atoms with Crippen LogP contribution in [0.25, 0.3) is 0 Å². The maximum atomic E-state index is 12.7. The second kappa shape index (κ2) is 8.71. The molecule has 1 aromatic rings. The van der Waals surface area contributed by atoms with Crippen molar-refractivity contribution in [3.63, 3.8) is 0 Å². The van der Waals surface area contributed by atoms with Gasteiger partial charge >= 0.3 is 5.97 Å². The summed E-state index contributed by atoms with van der Waals surface area (Å²) in [4.78, 5) is 26.3. The van der Waals surface area contributed by atoms with Crippen molar-refractivity contribution >= 4 is 11.9 Å². The predicted molar refractivity (Wildman–Crippen MR) is 91.8 cm³/mol. The molecule has 132 valence electrons. The first-order valence-corrected chi connectivity index (χ1v) is 8.73. The predicted octanol–water partition coefficient (Wildman–Crippen LogP) is 2.95. The number of benzene rings is 1. The Hall–Kier alpha value is -2.04. The molecule has 0 aromatic heterocycles. The number of ether oxygens (including phenoxy) is 2. The van der Waals surface area contributed by atoms with Crippen LogP contribution < -0.4 is 4.74 Å². The SMILES string of the molecule is CCOC(=O)C1CCN(C(=O)C(CC)Oc2cccc(C)c2)CC1. The van der Waals surface area contributed by atoms with E-state index in [0.717, 1.165) is 11.3 Å². The summed E-state index contributed by atoms with van der Waals surface area (Å²) in [5, 5.41) is 0. The number of amides is 1. The van der Waals surface area contributed by atoms with Crippen molar-refractivity contribution in [1.82, 2.24) is 4.90 Å². The summed E-state index contributed by atoms with van der Waals surface area (Å²) < 4.78 is 11.0. The molecule has 5 heteroatoms. The molecule has 0 saturated carbocycles. The molecule has 1 atom stereocenters. The average molecular weight is 333 g/mol. The summed E-state index contributed by atoms with van der Waals surface area (Å²) in [6.45, 7) is 7.32. The van der Waals surface area contributed by atoms with Crippen LogP contribution in [0.15, 0.2) is 24.3 Å². The largest absolute Gasteiger partial charge is 0.481 e. The lowest BCUT2D eigenvalue weighted by atomic mass is 9.96. The van der Waals surface area contributed by atoms with Crippen LogP contribution in [0.4, 0.5) is 0 Å². The normalized spacial score (nSPS) is 16.5. The summed E-state index contributed by atoms with van der Waals surface area (Å²) in [7, 11) is 0. The molecule has 5 nitrogen and oxygen atoms in total. The van der Waals surface area contributed by atoms with E-state index in [-0.39, 0.29) is 17.8 Å². The summed E-state index contributed by atoms with van der Waals surface area (Å²) >= 11 is 0. The Kier molecular flexibility index (Phi) is 6.64. The van der Waals surface area contributed by atoms with E-state index < -0.39 is 6.10 Å². The zero-order chi connectivity index (χ0) is 17.5. The van der Waals surface area contributed by atoms with Crippen LogP contribution in [-0.2, 0) is 14.3 Å². The lowest BCUT2D eigenvalue weighted by Gasteiger charge is -2.33. The average Bonchev–Trinajstić information content (AvgIpc) is 2.59. The van der Waals surface area contributed by atoms with Gasteiger partial charge in [0.05, 0.1) is 12.5 Å². The van der Waals surface area contributed by atoms with Crippen molar-refractivity contribution < 1.29 is 19.1 Å². The molecular formula is C19H27NO4. The molecule has 0 N–H and O–H groups in total. The number of piperidine rings is 1. The van der Waals surface area contributed by atoms with Gasteiger partial charge in [0.2, 0.25) is 0 Å². The van der Waals surface area contributed by atoms with Gasteiger partial charge in [0, 0.05) is 13.1 Å². The molecule has 1 aromatic carbocycles. The Balaban J connectivity index is 1.91. The van der Waals surface area contributed by atoms with Crippen molar-refractivity contribution in [2.45, 2.75) is 46.1 Å². The van der Waals surface area contributed by atoms with Crippen molar-refractivity contribution in [3.05, 3.63) is 29.8 Å². The zero-order valence-corrected chi connectivity index (χ0v) is 14.8. The molecule has 0 bridgehead atoms. The second-order valence-corrected chi connectivity index (χ2v) is 6.18. The summed E-state index contributed by atoms with van der Waals surface area (Å²) in [6, 6.07) is 7.72. The highest BCUT2D eigenvalue weighted by atomic mass is 16.5. The molecule has 0 spiro atoms. The minimum atomic E-state index is -0.481. The molecule has 0 radical (unpaired) electrons. The lowest BCUT2D eigenvalue weighted by Crippen LogP contribution is -2.46. The van der Waals surface area contributed by atoms with Gasteiger partial charge in [-0.05, 0) is 50.8 Å². The van der Waals surface area contributed by atoms with E-state index in [1.54, 1.807) is 4.90 Å². The van der Waals surface area contributed by atoms with Crippen LogP contribution in [0.2, 0.25) is 0 Å². The molecule has 2 rings (SSSR count). The van der Waals surface area contributed by atoms with Gasteiger partial charge in [-0.1, -0.05) is 19.1 Å². The Bertz CT molecular complexity index is 564. The summed E-state index contributed by atoms with van der Waals surface area (Å²) in [5.74, 6) is 0.484. The maximum Gasteiger partial charge on any atom is 0.309 e. The summed E-state index contributed by atoms with van der Waals surface area (Å²) in [6.07, 6.45) is 1.45. The molecule has 1 heterocycles. The Morgan fingerprint density at radius 2 is 1.96 bits per heavy atom. The fourth-order valence-electron chi connectivity index (χ4n) is 2.96. The number of carbonyl (C=O) groups excluding carboxylic acids is 2. The smallest absolute Gasteiger partial charge is 0.309 e. The number of nitrogens with zero attached hydrogens (tertiary/aromatic N) is 1. The second-order valence-electron chi connectivity index (χ2n) is 6.18. The molecular weight excluding hydrogens is 306 g/mol. The molecule has 1 aliphatic heterocycles. The van der Waals surface area contributed by atoms with E-state index in [2.05, 4.69) is 0 Å². The van der Waals surface area contributed by atoms with Gasteiger partial charge in [0.15, 0.2) is 6.10 Å². The van der Waals surface area contributed by atoms with E-state index in [9.17, 15) is 9.59 Å². The van der Waals surface area contributed by atoms with E-state index in [1.165, 1.54) is 0 Å². The van der Waals surface area contributed by atoms with Crippen LogP contribution in [0.5, 0.6) is 5.75 Å². The first-order chi connectivity index (χ1) is 11.5. The van der Waals surface area contributed by atoms with Crippen molar-refractivity contribution in [3.8, 4) is 5.75 Å². The topological polar surface area (TPSA) is 55.8 Å². The third-order valence-electron chi connectivity index (χ3n) is 4.34. The lowest BCUT2D eigenvalue weighted by molar-refractivity contribution is -0.152. The highest BCUT2D eigenvalue weighted by molar-refractivity contribution is 5.81. The quantitative estimate of drug-likeness (QED) is 0.751. The third-order valence-corrected chi connectivity index (χ3v) is 4.34. The number of hydrogen-bond acceptors (Lipinski definition) is 4. The fourth-order valence-corrected chi connectivity index (χ4v) is 2.96. The summed E-state index contributed by atoms with van der Waals surface area (Å²) in [5.41, 5.74) is 1.10. The van der Waals surface area contributed by atoms with Gasteiger partial charge in [-0.3, -0.25) is 9.59 Å². The number of esters is 1. The van der Waals surface area contributed by atoms with Crippen LogP contribution >= 0.6 is 0 Å². The van der Waals surface area contributed by atoms with Crippen LogP contribution in [0.3, 0.4) is 0 Å². The number of hydrogen-bond donors (Lipinski definition) is 0. The van der Waals surface area contributed by atoms with Gasteiger partial charge in [-0.15, -0.1) is 0 Å². The standard InChI is InChI=1S/C19H27NO4/c1-4-17(24-16-8-6-7-14(3)13-16)18(21)20-11-9-15(10-12-20)19(22)23-5-2/h6-8,13,15,17H,4-5,9-12H2,1-3H3. The number of aryl methyl sites for hydroxylation is 1. The number of carbonyl (C=O) groups is 2. The van der Waals surface area contributed by atoms with Gasteiger partial charge in [0.1, 0.15) is 5.75 Å². The van der Waals surface area contributed by atoms with Crippen LogP contribution in [0.1, 0.15) is 38.7 Å². The number of rotatable bonds is 6. The molecule has 1 fully saturated rings. The third kappa shape index (κ3) is 4.73. The molecule has 1 amide bonds. The highest BCUT2D eigenvalue weighted by Crippen LogP contribution is 2.21. The first-order valence-electron chi connectivity index (χ1n) is 8.73. The number of likely N-dealkylation sites (tertiary alicyclic amines) is 1. The van der Waals surface area contributed by atoms with Gasteiger partial charge in [0.25, 0.3) is 5.91 Å². The van der Waals surface area contributed by atoms with E-state index in [0.29, 0.717) is 39.0 Å². The maximum absolute atomic E-state index is 12.7. The van der Waals surface area contributed by atoms with E-state index in [4.69, 9.17) is 9.47 Å². The monoisotopic (exact) mass is 333 g/mol. The van der Waals surface area contributed by atoms with E-state index in [1.807, 2.05) is 45.0 Å². The van der Waals surface area contributed by atoms with Crippen molar-refractivity contribution in [1.29, 1.82) is 0 Å². The zero-order valence-electron chi connectivity index (χ0n) is 14.8. The molecule has 24 heavy (non-hydrogen) atoms. The Labute approximate surface area is 143 Å². The molecule has 1 saturated heterocycles. The van der Waals surface area contributed by atoms with Crippen LogP contribution in [0, 0.1) is 12.8 Å². The molecule has 0 aliphatic carbocycles.